The van der Waals surface area contributed by atoms with Crippen LogP contribution in [0, 0.1) is 0 Å². The fourth-order valence-corrected chi connectivity index (χ4v) is 3.61. The zero-order valence-corrected chi connectivity index (χ0v) is 16.9. The third kappa shape index (κ3) is 5.04. The second kappa shape index (κ2) is 9.40. The van der Waals surface area contributed by atoms with Crippen molar-refractivity contribution in [3.63, 3.8) is 0 Å². The van der Waals surface area contributed by atoms with E-state index in [-0.39, 0.29) is 0 Å². The van der Waals surface area contributed by atoms with Crippen molar-refractivity contribution in [2.24, 2.45) is 0 Å². The Bertz CT molecular complexity index is 1060. The summed E-state index contributed by atoms with van der Waals surface area (Å²) in [5.74, 6) is 0. The molecule has 0 bridgehead atoms. The van der Waals surface area contributed by atoms with Crippen molar-refractivity contribution in [2.45, 2.75) is 19.4 Å². The molecule has 0 saturated carbocycles. The number of para-hydroxylation sites is 1. The van der Waals surface area contributed by atoms with Gasteiger partial charge in [-0.25, -0.2) is 0 Å². The minimum absolute atomic E-state index is 0.872. The van der Waals surface area contributed by atoms with Crippen LogP contribution >= 0.6 is 0 Å². The average molecular weight is 382 g/mol. The van der Waals surface area contributed by atoms with Crippen molar-refractivity contribution in [3.05, 3.63) is 108 Å². The van der Waals surface area contributed by atoms with Crippen LogP contribution in [0.5, 0.6) is 0 Å². The van der Waals surface area contributed by atoms with Gasteiger partial charge in [-0.05, 0) is 42.7 Å². The van der Waals surface area contributed by atoms with Gasteiger partial charge in [0, 0.05) is 24.0 Å². The van der Waals surface area contributed by atoms with Gasteiger partial charge in [-0.2, -0.15) is 0 Å². The predicted octanol–water partition coefficient (Wildman–Crippen LogP) is 6.87. The van der Waals surface area contributed by atoms with Crippen molar-refractivity contribution in [2.75, 3.05) is 13.6 Å². The van der Waals surface area contributed by atoms with Gasteiger partial charge in [0.2, 0.25) is 0 Å². The lowest BCUT2D eigenvalue weighted by molar-refractivity contribution is 0.362. The number of allylic oxidation sites excluding steroid dienone is 6. The highest BCUT2D eigenvalue weighted by atomic mass is 16.3. The van der Waals surface area contributed by atoms with Gasteiger partial charge in [0.1, 0.15) is 5.58 Å². The largest absolute Gasteiger partial charge is 0.464 e. The summed E-state index contributed by atoms with van der Waals surface area (Å²) in [4.78, 5) is 2.28. The molecule has 1 aliphatic rings. The Balaban J connectivity index is 1.28. The Hall–Kier alpha value is -3.10. The van der Waals surface area contributed by atoms with E-state index >= 15 is 0 Å². The van der Waals surface area contributed by atoms with Gasteiger partial charge >= 0.3 is 0 Å². The Morgan fingerprint density at radius 2 is 1.86 bits per heavy atom. The third-order valence-corrected chi connectivity index (χ3v) is 5.19. The lowest BCUT2D eigenvalue weighted by Gasteiger charge is -2.12. The molecular formula is C27H27NO. The molecule has 0 aliphatic heterocycles. The van der Waals surface area contributed by atoms with E-state index in [2.05, 4.69) is 90.9 Å². The highest BCUT2D eigenvalue weighted by molar-refractivity contribution is 5.80. The standard InChI is InChI=1S/C27H27NO/c1-28(20-25-21-29-27-14-8-7-13-26(25)27)19-9-3-4-10-22-15-17-24(18-16-22)23-11-5-2-6-12-23/h3-5,7-18,21H,2,6,19-20H2,1H3/b9-3+,10-4+. The van der Waals surface area contributed by atoms with Gasteiger partial charge in [0.15, 0.2) is 0 Å². The Morgan fingerprint density at radius 3 is 2.69 bits per heavy atom. The van der Waals surface area contributed by atoms with Gasteiger partial charge in [-0.3, -0.25) is 4.90 Å². The molecule has 0 N–H and O–H groups in total. The third-order valence-electron chi connectivity index (χ3n) is 5.19. The molecule has 1 heterocycles. The number of furan rings is 1. The molecule has 2 nitrogen and oxygen atoms in total. The minimum atomic E-state index is 0.872. The molecule has 4 rings (SSSR count). The summed E-state index contributed by atoms with van der Waals surface area (Å²) in [7, 11) is 2.13. The lowest BCUT2D eigenvalue weighted by atomic mass is 9.99. The molecule has 0 spiro atoms. The molecule has 2 heteroatoms. The molecule has 146 valence electrons. The first-order valence-corrected chi connectivity index (χ1v) is 10.2. The van der Waals surface area contributed by atoms with Crippen molar-refractivity contribution in [1.29, 1.82) is 0 Å². The monoisotopic (exact) mass is 381 g/mol. The van der Waals surface area contributed by atoms with Crippen LogP contribution in [-0.2, 0) is 6.54 Å². The Morgan fingerprint density at radius 1 is 1.00 bits per heavy atom. The molecule has 0 atom stereocenters. The summed E-state index contributed by atoms with van der Waals surface area (Å²) in [6, 6.07) is 17.0. The van der Waals surface area contributed by atoms with Crippen LogP contribution < -0.4 is 0 Å². The molecular weight excluding hydrogens is 354 g/mol. The molecule has 2 aromatic carbocycles. The lowest BCUT2D eigenvalue weighted by Crippen LogP contribution is -2.17. The number of fused-ring (bicyclic) bond motifs is 1. The second-order valence-corrected chi connectivity index (χ2v) is 7.50. The van der Waals surface area contributed by atoms with E-state index in [0.717, 1.165) is 31.5 Å². The molecule has 1 aliphatic carbocycles. The first-order valence-electron chi connectivity index (χ1n) is 10.2. The summed E-state index contributed by atoms with van der Waals surface area (Å²) >= 11 is 0. The first-order chi connectivity index (χ1) is 14.3. The fraction of sp³-hybridized carbons (Fsp3) is 0.185. The second-order valence-electron chi connectivity index (χ2n) is 7.50. The van der Waals surface area contributed by atoms with Crippen LogP contribution in [-0.4, -0.2) is 18.5 Å². The molecule has 0 amide bonds. The van der Waals surface area contributed by atoms with E-state index in [1.807, 2.05) is 18.4 Å². The summed E-state index contributed by atoms with van der Waals surface area (Å²) in [6.45, 7) is 1.76. The minimum Gasteiger partial charge on any atom is -0.464 e. The zero-order valence-electron chi connectivity index (χ0n) is 16.9. The van der Waals surface area contributed by atoms with E-state index in [0.29, 0.717) is 0 Å². The molecule has 0 saturated heterocycles. The Kier molecular flexibility index (Phi) is 6.23. The van der Waals surface area contributed by atoms with Crippen LogP contribution in [0.3, 0.4) is 0 Å². The number of nitrogens with zero attached hydrogens (tertiary/aromatic N) is 1. The normalized spacial score (nSPS) is 14.5. The number of likely N-dealkylation sites (N-methyl/N-ethyl adjacent to an activating group) is 1. The summed E-state index contributed by atoms with van der Waals surface area (Å²) < 4.78 is 5.63. The maximum absolute atomic E-state index is 5.63. The SMILES string of the molecule is CN(C/C=C/C=C/c1ccc(C2=CCCC=C2)cc1)Cc1coc2ccccc12. The van der Waals surface area contributed by atoms with Crippen molar-refractivity contribution >= 4 is 22.6 Å². The highest BCUT2D eigenvalue weighted by Gasteiger charge is 2.06. The van der Waals surface area contributed by atoms with Crippen molar-refractivity contribution in [3.8, 4) is 0 Å². The quantitative estimate of drug-likeness (QED) is 0.415. The average Bonchev–Trinajstić information content (AvgIpc) is 3.17. The maximum atomic E-state index is 5.63. The van der Waals surface area contributed by atoms with Gasteiger partial charge in [0.05, 0.1) is 6.26 Å². The smallest absolute Gasteiger partial charge is 0.134 e. The molecule has 1 aromatic heterocycles. The van der Waals surface area contributed by atoms with Crippen LogP contribution in [0.2, 0.25) is 0 Å². The highest BCUT2D eigenvalue weighted by Crippen LogP contribution is 2.22. The van der Waals surface area contributed by atoms with E-state index in [4.69, 9.17) is 4.42 Å². The van der Waals surface area contributed by atoms with E-state index in [1.165, 1.54) is 27.6 Å². The topological polar surface area (TPSA) is 16.4 Å². The molecule has 0 unspecified atom stereocenters. The van der Waals surface area contributed by atoms with Gasteiger partial charge in [-0.1, -0.05) is 85.0 Å². The van der Waals surface area contributed by atoms with E-state index < -0.39 is 0 Å². The number of benzene rings is 2. The van der Waals surface area contributed by atoms with E-state index in [1.54, 1.807) is 0 Å². The summed E-state index contributed by atoms with van der Waals surface area (Å²) in [6.07, 6.45) is 19.5. The predicted molar refractivity (Wildman–Crippen MR) is 124 cm³/mol. The van der Waals surface area contributed by atoms with Gasteiger partial charge in [-0.15, -0.1) is 0 Å². The first kappa shape index (κ1) is 19.2. The van der Waals surface area contributed by atoms with E-state index in [9.17, 15) is 0 Å². The van der Waals surface area contributed by atoms with Gasteiger partial charge < -0.3 is 4.42 Å². The zero-order chi connectivity index (χ0) is 19.9. The van der Waals surface area contributed by atoms with Crippen molar-refractivity contribution in [1.82, 2.24) is 4.90 Å². The number of hydrogen-bond acceptors (Lipinski definition) is 2. The number of rotatable bonds is 7. The molecule has 29 heavy (non-hydrogen) atoms. The summed E-state index contributed by atoms with van der Waals surface area (Å²) in [5.41, 5.74) is 6.03. The van der Waals surface area contributed by atoms with Crippen LogP contribution in [0.15, 0.2) is 95.7 Å². The van der Waals surface area contributed by atoms with Crippen LogP contribution in [0.4, 0.5) is 0 Å². The van der Waals surface area contributed by atoms with Crippen molar-refractivity contribution < 1.29 is 4.42 Å². The Labute approximate surface area is 173 Å². The maximum Gasteiger partial charge on any atom is 0.134 e. The molecule has 0 radical (unpaired) electrons. The fourth-order valence-electron chi connectivity index (χ4n) is 3.61. The summed E-state index contributed by atoms with van der Waals surface area (Å²) in [5, 5.41) is 1.20. The van der Waals surface area contributed by atoms with Gasteiger partial charge in [0.25, 0.3) is 0 Å². The van der Waals surface area contributed by atoms with Crippen LogP contribution in [0.25, 0.3) is 22.6 Å². The van der Waals surface area contributed by atoms with Crippen LogP contribution in [0.1, 0.15) is 29.5 Å². The molecule has 0 fully saturated rings. The number of hydrogen-bond donors (Lipinski definition) is 0. The molecule has 3 aromatic rings.